The Hall–Kier alpha value is -0.640. The van der Waals surface area contributed by atoms with Crippen LogP contribution in [0.2, 0.25) is 5.02 Å². The molecule has 1 aliphatic rings. The molecule has 1 fully saturated rings. The molecule has 1 aromatic rings. The van der Waals surface area contributed by atoms with Gasteiger partial charge in [-0.2, -0.15) is 0 Å². The van der Waals surface area contributed by atoms with E-state index in [-0.39, 0.29) is 10.8 Å². The van der Waals surface area contributed by atoms with Gasteiger partial charge in [-0.15, -0.1) is 0 Å². The van der Waals surface area contributed by atoms with Crippen molar-refractivity contribution in [3.63, 3.8) is 0 Å². The van der Waals surface area contributed by atoms with E-state index in [1.54, 1.807) is 12.1 Å². The van der Waals surface area contributed by atoms with Crippen LogP contribution < -0.4 is 10.6 Å². The van der Waals surface area contributed by atoms with Gasteiger partial charge in [-0.3, -0.25) is 0 Å². The Morgan fingerprint density at radius 3 is 2.88 bits per heavy atom. The first kappa shape index (κ1) is 12.8. The van der Waals surface area contributed by atoms with Crippen molar-refractivity contribution in [2.75, 3.05) is 6.54 Å². The normalized spacial score (nSPS) is 17.1. The van der Waals surface area contributed by atoms with Crippen LogP contribution in [-0.4, -0.2) is 18.6 Å². The summed E-state index contributed by atoms with van der Waals surface area (Å²) in [4.78, 5) is 0. The standard InChI is InChI=1S/C13H18ClFN2/c1-9(7-17-11-3-4-11)16-8-10-2-5-13(15)12(14)6-10/h2,5-6,9,11,16-17H,3-4,7-8H2,1H3. The maximum Gasteiger partial charge on any atom is 0.141 e. The maximum atomic E-state index is 13.0. The van der Waals surface area contributed by atoms with Crippen LogP contribution in [0.1, 0.15) is 25.3 Å². The van der Waals surface area contributed by atoms with Crippen molar-refractivity contribution in [2.24, 2.45) is 0 Å². The molecule has 17 heavy (non-hydrogen) atoms. The Balaban J connectivity index is 1.73. The zero-order chi connectivity index (χ0) is 12.3. The first-order chi connectivity index (χ1) is 8.15. The van der Waals surface area contributed by atoms with Crippen LogP contribution in [-0.2, 0) is 6.54 Å². The molecule has 1 unspecified atom stereocenters. The van der Waals surface area contributed by atoms with Gasteiger partial charge in [0.15, 0.2) is 0 Å². The van der Waals surface area contributed by atoms with E-state index < -0.39 is 0 Å². The summed E-state index contributed by atoms with van der Waals surface area (Å²) >= 11 is 5.73. The van der Waals surface area contributed by atoms with Gasteiger partial charge in [-0.05, 0) is 37.5 Å². The molecule has 1 aliphatic carbocycles. The van der Waals surface area contributed by atoms with Crippen molar-refractivity contribution in [3.8, 4) is 0 Å². The SMILES string of the molecule is CC(CNC1CC1)NCc1ccc(F)c(Cl)c1. The van der Waals surface area contributed by atoms with Crippen LogP contribution >= 0.6 is 11.6 Å². The lowest BCUT2D eigenvalue weighted by atomic mass is 10.2. The highest BCUT2D eigenvalue weighted by molar-refractivity contribution is 6.30. The monoisotopic (exact) mass is 256 g/mol. The van der Waals surface area contributed by atoms with Crippen LogP contribution in [0.5, 0.6) is 0 Å². The number of halogens is 2. The van der Waals surface area contributed by atoms with E-state index in [0.717, 1.165) is 18.2 Å². The minimum atomic E-state index is -0.362. The Labute approximate surface area is 107 Å². The predicted molar refractivity (Wildman–Crippen MR) is 68.7 cm³/mol. The summed E-state index contributed by atoms with van der Waals surface area (Å²) in [7, 11) is 0. The molecule has 0 aliphatic heterocycles. The molecule has 2 N–H and O–H groups in total. The highest BCUT2D eigenvalue weighted by Crippen LogP contribution is 2.18. The first-order valence-corrected chi connectivity index (χ1v) is 6.43. The van der Waals surface area contributed by atoms with Crippen molar-refractivity contribution in [3.05, 3.63) is 34.6 Å². The lowest BCUT2D eigenvalue weighted by molar-refractivity contribution is 0.499. The third-order valence-corrected chi connectivity index (χ3v) is 3.22. The minimum Gasteiger partial charge on any atom is -0.312 e. The van der Waals surface area contributed by atoms with Crippen molar-refractivity contribution < 1.29 is 4.39 Å². The van der Waals surface area contributed by atoms with Crippen molar-refractivity contribution >= 4 is 11.6 Å². The van der Waals surface area contributed by atoms with E-state index >= 15 is 0 Å². The zero-order valence-electron chi connectivity index (χ0n) is 9.97. The van der Waals surface area contributed by atoms with E-state index in [0.29, 0.717) is 12.6 Å². The number of benzene rings is 1. The largest absolute Gasteiger partial charge is 0.312 e. The van der Waals surface area contributed by atoms with Crippen LogP contribution in [0.15, 0.2) is 18.2 Å². The highest BCUT2D eigenvalue weighted by Gasteiger charge is 2.20. The molecule has 0 aromatic heterocycles. The summed E-state index contributed by atoms with van der Waals surface area (Å²) in [5.74, 6) is -0.362. The zero-order valence-corrected chi connectivity index (χ0v) is 10.7. The second kappa shape index (κ2) is 5.80. The van der Waals surface area contributed by atoms with Gasteiger partial charge >= 0.3 is 0 Å². The summed E-state index contributed by atoms with van der Waals surface area (Å²) in [6.07, 6.45) is 2.61. The number of nitrogens with one attached hydrogen (secondary N) is 2. The van der Waals surface area contributed by atoms with Crippen LogP contribution in [0.4, 0.5) is 4.39 Å². The fourth-order valence-electron chi connectivity index (χ4n) is 1.64. The molecule has 0 bridgehead atoms. The molecule has 1 atom stereocenters. The van der Waals surface area contributed by atoms with E-state index in [4.69, 9.17) is 11.6 Å². The van der Waals surface area contributed by atoms with Gasteiger partial charge in [0.05, 0.1) is 5.02 Å². The van der Waals surface area contributed by atoms with Gasteiger partial charge in [-0.1, -0.05) is 17.7 Å². The maximum absolute atomic E-state index is 13.0. The molecule has 1 aromatic carbocycles. The summed E-state index contributed by atoms with van der Waals surface area (Å²) in [5.41, 5.74) is 1.01. The van der Waals surface area contributed by atoms with E-state index in [2.05, 4.69) is 17.6 Å². The van der Waals surface area contributed by atoms with Crippen molar-refractivity contribution in [1.29, 1.82) is 0 Å². The smallest absolute Gasteiger partial charge is 0.141 e. The molecule has 94 valence electrons. The van der Waals surface area contributed by atoms with Gasteiger partial charge in [0.2, 0.25) is 0 Å². The molecule has 2 nitrogen and oxygen atoms in total. The molecule has 0 amide bonds. The van der Waals surface area contributed by atoms with Gasteiger partial charge in [0.1, 0.15) is 5.82 Å². The van der Waals surface area contributed by atoms with Gasteiger partial charge in [0, 0.05) is 25.2 Å². The van der Waals surface area contributed by atoms with E-state index in [1.807, 2.05) is 0 Å². The topological polar surface area (TPSA) is 24.1 Å². The quantitative estimate of drug-likeness (QED) is 0.818. The Morgan fingerprint density at radius 1 is 1.47 bits per heavy atom. The lowest BCUT2D eigenvalue weighted by Crippen LogP contribution is -2.36. The molecular formula is C13H18ClFN2. The fourth-order valence-corrected chi connectivity index (χ4v) is 1.85. The number of rotatable bonds is 6. The van der Waals surface area contributed by atoms with Crippen molar-refractivity contribution in [2.45, 2.75) is 38.4 Å². The summed E-state index contributed by atoms with van der Waals surface area (Å²) < 4.78 is 13.0. The Bertz CT molecular complexity index is 380. The third-order valence-electron chi connectivity index (χ3n) is 2.93. The molecule has 1 saturated carbocycles. The van der Waals surface area contributed by atoms with Gasteiger partial charge in [-0.25, -0.2) is 4.39 Å². The van der Waals surface area contributed by atoms with E-state index in [9.17, 15) is 4.39 Å². The molecule has 2 rings (SSSR count). The lowest BCUT2D eigenvalue weighted by Gasteiger charge is -2.14. The Kier molecular flexibility index (Phi) is 4.37. The molecule has 0 saturated heterocycles. The van der Waals surface area contributed by atoms with Crippen molar-refractivity contribution in [1.82, 2.24) is 10.6 Å². The van der Waals surface area contributed by atoms with E-state index in [1.165, 1.54) is 18.9 Å². The molecule has 4 heteroatoms. The minimum absolute atomic E-state index is 0.188. The second-order valence-corrected chi connectivity index (χ2v) is 5.12. The second-order valence-electron chi connectivity index (χ2n) is 4.71. The number of hydrogen-bond acceptors (Lipinski definition) is 2. The van der Waals surface area contributed by atoms with Crippen LogP contribution in [0.25, 0.3) is 0 Å². The molecular weight excluding hydrogens is 239 g/mol. The van der Waals surface area contributed by atoms with Crippen LogP contribution in [0, 0.1) is 5.82 Å². The number of hydrogen-bond donors (Lipinski definition) is 2. The molecule has 0 heterocycles. The van der Waals surface area contributed by atoms with Crippen LogP contribution in [0.3, 0.4) is 0 Å². The molecule has 0 spiro atoms. The summed E-state index contributed by atoms with van der Waals surface area (Å²) in [6, 6.07) is 5.98. The molecule has 0 radical (unpaired) electrons. The fraction of sp³-hybridized carbons (Fsp3) is 0.538. The Morgan fingerprint density at radius 2 is 2.24 bits per heavy atom. The van der Waals surface area contributed by atoms with Gasteiger partial charge < -0.3 is 10.6 Å². The highest BCUT2D eigenvalue weighted by atomic mass is 35.5. The first-order valence-electron chi connectivity index (χ1n) is 6.06. The summed E-state index contributed by atoms with van der Waals surface area (Å²) in [6.45, 7) is 3.83. The average molecular weight is 257 g/mol. The predicted octanol–water partition coefficient (Wildman–Crippen LogP) is 2.71. The summed E-state index contributed by atoms with van der Waals surface area (Å²) in [5, 5.41) is 7.04. The average Bonchev–Trinajstić information content (AvgIpc) is 3.12. The third kappa shape index (κ3) is 4.26. The van der Waals surface area contributed by atoms with Gasteiger partial charge in [0.25, 0.3) is 0 Å².